The summed E-state index contributed by atoms with van der Waals surface area (Å²) in [5, 5.41) is 9.79. The van der Waals surface area contributed by atoms with Crippen LogP contribution in [0.15, 0.2) is 48.5 Å². The smallest absolute Gasteiger partial charge is 0.231 e. The first-order valence-electron chi connectivity index (χ1n) is 6.83. The Labute approximate surface area is 118 Å². The fourth-order valence-electron chi connectivity index (χ4n) is 2.85. The lowest BCUT2D eigenvalue weighted by Gasteiger charge is -2.23. The van der Waals surface area contributed by atoms with E-state index < -0.39 is 0 Å². The Balaban J connectivity index is 1.86. The minimum absolute atomic E-state index is 0.0314. The Hall–Kier alpha value is -2.29. The molecular formula is C17H17NO2. The van der Waals surface area contributed by atoms with Gasteiger partial charge < -0.3 is 10.0 Å². The summed E-state index contributed by atoms with van der Waals surface area (Å²) in [5.74, 6) is 0.213. The van der Waals surface area contributed by atoms with Crippen LogP contribution in [0, 0.1) is 0 Å². The Morgan fingerprint density at radius 2 is 1.90 bits per heavy atom. The van der Waals surface area contributed by atoms with Crippen molar-refractivity contribution < 1.29 is 9.90 Å². The second-order valence-corrected chi connectivity index (χ2v) is 5.25. The van der Waals surface area contributed by atoms with Crippen LogP contribution >= 0.6 is 0 Å². The zero-order valence-corrected chi connectivity index (χ0v) is 11.4. The van der Waals surface area contributed by atoms with Crippen molar-refractivity contribution in [2.24, 2.45) is 0 Å². The standard InChI is InChI=1S/C17H17NO2/c1-12-10-13-6-2-4-8-15(13)18(12)17(20)11-14-7-3-5-9-16(14)19/h2-9,12,19H,10-11H2,1H3. The number of para-hydroxylation sites is 2. The Bertz CT molecular complexity index is 651. The van der Waals surface area contributed by atoms with Gasteiger partial charge in [0.05, 0.1) is 6.42 Å². The summed E-state index contributed by atoms with van der Waals surface area (Å²) in [6.45, 7) is 2.06. The van der Waals surface area contributed by atoms with Gasteiger partial charge in [-0.25, -0.2) is 0 Å². The monoisotopic (exact) mass is 267 g/mol. The molecule has 0 saturated heterocycles. The number of aromatic hydroxyl groups is 1. The van der Waals surface area contributed by atoms with Crippen molar-refractivity contribution in [2.75, 3.05) is 4.90 Å². The topological polar surface area (TPSA) is 40.5 Å². The van der Waals surface area contributed by atoms with Gasteiger partial charge in [-0.3, -0.25) is 4.79 Å². The molecule has 1 atom stereocenters. The maximum absolute atomic E-state index is 12.6. The number of hydrogen-bond donors (Lipinski definition) is 1. The van der Waals surface area contributed by atoms with Crippen molar-refractivity contribution in [3.05, 3.63) is 59.7 Å². The summed E-state index contributed by atoms with van der Waals surface area (Å²) in [7, 11) is 0. The van der Waals surface area contributed by atoms with E-state index in [1.807, 2.05) is 29.2 Å². The van der Waals surface area contributed by atoms with Gasteiger partial charge in [0.15, 0.2) is 0 Å². The second-order valence-electron chi connectivity index (χ2n) is 5.25. The van der Waals surface area contributed by atoms with E-state index in [9.17, 15) is 9.90 Å². The first-order valence-corrected chi connectivity index (χ1v) is 6.83. The second kappa shape index (κ2) is 5.00. The summed E-state index contributed by atoms with van der Waals surface area (Å²) in [6.07, 6.45) is 1.12. The summed E-state index contributed by atoms with van der Waals surface area (Å²) in [4.78, 5) is 14.4. The molecule has 0 fully saturated rings. The van der Waals surface area contributed by atoms with Gasteiger partial charge in [0.25, 0.3) is 0 Å². The van der Waals surface area contributed by atoms with Crippen LogP contribution in [-0.2, 0) is 17.6 Å². The van der Waals surface area contributed by atoms with Crippen LogP contribution in [0.25, 0.3) is 0 Å². The Kier molecular flexibility index (Phi) is 3.18. The largest absolute Gasteiger partial charge is 0.508 e. The molecule has 1 heterocycles. The van der Waals surface area contributed by atoms with E-state index in [0.717, 1.165) is 12.1 Å². The number of hydrogen-bond acceptors (Lipinski definition) is 2. The van der Waals surface area contributed by atoms with Crippen molar-refractivity contribution in [1.29, 1.82) is 0 Å². The molecule has 20 heavy (non-hydrogen) atoms. The van der Waals surface area contributed by atoms with E-state index in [1.165, 1.54) is 5.56 Å². The highest BCUT2D eigenvalue weighted by molar-refractivity contribution is 5.97. The maximum Gasteiger partial charge on any atom is 0.231 e. The number of nitrogens with zero attached hydrogens (tertiary/aromatic N) is 1. The molecular weight excluding hydrogens is 250 g/mol. The van der Waals surface area contributed by atoms with Crippen molar-refractivity contribution in [3.8, 4) is 5.75 Å². The molecule has 0 spiro atoms. The Morgan fingerprint density at radius 3 is 2.70 bits per heavy atom. The summed E-state index contributed by atoms with van der Waals surface area (Å²) in [5.41, 5.74) is 2.89. The van der Waals surface area contributed by atoms with Crippen LogP contribution in [0.2, 0.25) is 0 Å². The van der Waals surface area contributed by atoms with Gasteiger partial charge in [-0.1, -0.05) is 36.4 Å². The molecule has 2 aromatic carbocycles. The molecule has 1 amide bonds. The van der Waals surface area contributed by atoms with Crippen LogP contribution in [0.1, 0.15) is 18.1 Å². The van der Waals surface area contributed by atoms with E-state index in [0.29, 0.717) is 5.56 Å². The quantitative estimate of drug-likeness (QED) is 0.909. The molecule has 2 aromatic rings. The summed E-state index contributed by atoms with van der Waals surface area (Å²) < 4.78 is 0. The molecule has 1 aliphatic heterocycles. The fourth-order valence-corrected chi connectivity index (χ4v) is 2.85. The number of carbonyl (C=O) groups excluding carboxylic acids is 1. The third-order valence-corrected chi connectivity index (χ3v) is 3.81. The predicted octanol–water partition coefficient (Wildman–Crippen LogP) is 2.91. The molecule has 102 valence electrons. The molecule has 0 aliphatic carbocycles. The lowest BCUT2D eigenvalue weighted by Crippen LogP contribution is -2.36. The third kappa shape index (κ3) is 2.16. The van der Waals surface area contributed by atoms with Crippen LogP contribution < -0.4 is 4.90 Å². The van der Waals surface area contributed by atoms with E-state index in [1.54, 1.807) is 18.2 Å². The zero-order chi connectivity index (χ0) is 14.1. The first-order chi connectivity index (χ1) is 9.66. The molecule has 1 N–H and O–H groups in total. The van der Waals surface area contributed by atoms with Crippen LogP contribution in [0.3, 0.4) is 0 Å². The molecule has 3 nitrogen and oxygen atoms in total. The number of carbonyl (C=O) groups is 1. The van der Waals surface area contributed by atoms with Gasteiger partial charge in [0.2, 0.25) is 5.91 Å². The van der Waals surface area contributed by atoms with E-state index in [-0.39, 0.29) is 24.1 Å². The van der Waals surface area contributed by atoms with E-state index in [4.69, 9.17) is 0 Å². The minimum Gasteiger partial charge on any atom is -0.508 e. The van der Waals surface area contributed by atoms with Gasteiger partial charge >= 0.3 is 0 Å². The van der Waals surface area contributed by atoms with Crippen LogP contribution in [0.4, 0.5) is 5.69 Å². The highest BCUT2D eigenvalue weighted by Gasteiger charge is 2.30. The van der Waals surface area contributed by atoms with E-state index in [2.05, 4.69) is 13.0 Å². The van der Waals surface area contributed by atoms with Gasteiger partial charge in [-0.2, -0.15) is 0 Å². The van der Waals surface area contributed by atoms with E-state index >= 15 is 0 Å². The van der Waals surface area contributed by atoms with Crippen LogP contribution in [-0.4, -0.2) is 17.1 Å². The molecule has 1 aliphatic rings. The summed E-state index contributed by atoms with van der Waals surface area (Å²) >= 11 is 0. The van der Waals surface area contributed by atoms with Crippen molar-refractivity contribution >= 4 is 11.6 Å². The number of phenols is 1. The molecule has 3 rings (SSSR count). The predicted molar refractivity (Wildman–Crippen MR) is 78.9 cm³/mol. The zero-order valence-electron chi connectivity index (χ0n) is 11.4. The van der Waals surface area contributed by atoms with Gasteiger partial charge in [-0.05, 0) is 31.0 Å². The SMILES string of the molecule is CC1Cc2ccccc2N1C(=O)Cc1ccccc1O. The van der Waals surface area contributed by atoms with Crippen LogP contribution in [0.5, 0.6) is 5.75 Å². The molecule has 0 aromatic heterocycles. The number of rotatable bonds is 2. The molecule has 0 radical (unpaired) electrons. The number of phenolic OH excluding ortho intramolecular Hbond substituents is 1. The molecule has 0 bridgehead atoms. The molecule has 3 heteroatoms. The minimum atomic E-state index is 0.0314. The third-order valence-electron chi connectivity index (χ3n) is 3.81. The molecule has 0 saturated carbocycles. The van der Waals surface area contributed by atoms with Gasteiger partial charge in [-0.15, -0.1) is 0 Å². The van der Waals surface area contributed by atoms with Gasteiger partial charge in [0.1, 0.15) is 5.75 Å². The number of fused-ring (bicyclic) bond motifs is 1. The fraction of sp³-hybridized carbons (Fsp3) is 0.235. The first kappa shape index (κ1) is 12.7. The Morgan fingerprint density at radius 1 is 1.20 bits per heavy atom. The lowest BCUT2D eigenvalue weighted by atomic mass is 10.1. The average Bonchev–Trinajstić information content (AvgIpc) is 2.77. The number of anilines is 1. The molecule has 1 unspecified atom stereocenters. The highest BCUT2D eigenvalue weighted by atomic mass is 16.3. The van der Waals surface area contributed by atoms with Crippen molar-refractivity contribution in [2.45, 2.75) is 25.8 Å². The van der Waals surface area contributed by atoms with Crippen molar-refractivity contribution in [1.82, 2.24) is 0 Å². The lowest BCUT2D eigenvalue weighted by molar-refractivity contribution is -0.118. The maximum atomic E-state index is 12.6. The highest BCUT2D eigenvalue weighted by Crippen LogP contribution is 2.32. The van der Waals surface area contributed by atoms with Gasteiger partial charge in [0, 0.05) is 17.3 Å². The summed E-state index contributed by atoms with van der Waals surface area (Å²) in [6, 6.07) is 15.2. The van der Waals surface area contributed by atoms with Crippen molar-refractivity contribution in [3.63, 3.8) is 0 Å². The number of amides is 1. The normalized spacial score (nSPS) is 17.1. The number of benzene rings is 2. The average molecular weight is 267 g/mol.